The quantitative estimate of drug-likeness (QED) is 0.0875. The number of allylic oxidation sites excluding steroid dienone is 2. The summed E-state index contributed by atoms with van der Waals surface area (Å²) in [4.78, 5) is 0. The van der Waals surface area contributed by atoms with Gasteiger partial charge in [0.25, 0.3) is 0 Å². The van der Waals surface area contributed by atoms with E-state index in [9.17, 15) is 0 Å². The second-order valence-corrected chi connectivity index (χ2v) is 10.5. The Labute approximate surface area is 247 Å². The van der Waals surface area contributed by atoms with Crippen LogP contribution in [0.4, 0.5) is 0 Å². The van der Waals surface area contributed by atoms with Gasteiger partial charge in [0.05, 0.1) is 12.5 Å². The second-order valence-electron chi connectivity index (χ2n) is 10.5. The SMILES string of the molecule is CC=COCCOc1ccc(C2(c3ccc(OCCOC=CC)cc3)Cc3cccc4ccc5cccc2c5c34)cc1. The molecule has 212 valence electrons. The van der Waals surface area contributed by atoms with E-state index in [0.717, 1.165) is 17.9 Å². The zero-order valence-corrected chi connectivity index (χ0v) is 24.2. The predicted octanol–water partition coefficient (Wildman–Crippen LogP) is 8.74. The molecule has 5 aromatic rings. The smallest absolute Gasteiger partial charge is 0.122 e. The van der Waals surface area contributed by atoms with Crippen molar-refractivity contribution in [2.45, 2.75) is 25.7 Å². The fourth-order valence-corrected chi connectivity index (χ4v) is 6.21. The average Bonchev–Trinajstić information content (AvgIpc) is 3.04. The topological polar surface area (TPSA) is 36.9 Å². The van der Waals surface area contributed by atoms with Crippen molar-refractivity contribution < 1.29 is 18.9 Å². The summed E-state index contributed by atoms with van der Waals surface area (Å²) >= 11 is 0. The molecular formula is C38H36O4. The Kier molecular flexibility index (Phi) is 8.14. The molecule has 0 aromatic heterocycles. The van der Waals surface area contributed by atoms with E-state index >= 15 is 0 Å². The molecule has 0 radical (unpaired) electrons. The van der Waals surface area contributed by atoms with Crippen molar-refractivity contribution in [3.8, 4) is 11.5 Å². The second kappa shape index (κ2) is 12.4. The highest BCUT2D eigenvalue weighted by atomic mass is 16.5. The lowest BCUT2D eigenvalue weighted by Gasteiger charge is -2.40. The van der Waals surface area contributed by atoms with Crippen LogP contribution >= 0.6 is 0 Å². The molecule has 6 rings (SSSR count). The number of benzene rings is 5. The molecule has 0 heterocycles. The molecule has 1 aliphatic rings. The van der Waals surface area contributed by atoms with Gasteiger partial charge in [-0.05, 0) is 88.3 Å². The van der Waals surface area contributed by atoms with Crippen LogP contribution in [0.15, 0.2) is 122 Å². The standard InChI is InChI=1S/C38H36O4/c1-3-21-39-23-25-41-33-17-13-31(14-18-33)38(32-15-19-34(20-16-32)42-26-24-40-22-4-2)27-30-9-5-7-28-11-12-29-8-6-10-35(38)37(29)36(28)30/h3-22H,23-27H2,1-2H3. The van der Waals surface area contributed by atoms with Crippen molar-refractivity contribution in [2.24, 2.45) is 0 Å². The Hall–Kier alpha value is -4.70. The van der Waals surface area contributed by atoms with Gasteiger partial charge < -0.3 is 18.9 Å². The maximum absolute atomic E-state index is 5.98. The Morgan fingerprint density at radius 3 is 1.64 bits per heavy atom. The normalized spacial score (nSPS) is 16.0. The van der Waals surface area contributed by atoms with Crippen molar-refractivity contribution in [3.05, 3.63) is 144 Å². The van der Waals surface area contributed by atoms with E-state index in [0.29, 0.717) is 26.4 Å². The Morgan fingerprint density at radius 1 is 0.571 bits per heavy atom. The summed E-state index contributed by atoms with van der Waals surface area (Å²) in [7, 11) is 0. The summed E-state index contributed by atoms with van der Waals surface area (Å²) < 4.78 is 22.8. The van der Waals surface area contributed by atoms with Gasteiger partial charge in [-0.25, -0.2) is 0 Å². The first-order chi connectivity index (χ1) is 20.7. The van der Waals surface area contributed by atoms with Gasteiger partial charge in [0.1, 0.15) is 37.9 Å². The van der Waals surface area contributed by atoms with Crippen LogP contribution in [0.25, 0.3) is 21.5 Å². The van der Waals surface area contributed by atoms with Gasteiger partial charge >= 0.3 is 0 Å². The van der Waals surface area contributed by atoms with E-state index in [1.807, 2.05) is 26.0 Å². The van der Waals surface area contributed by atoms with Crippen LogP contribution in [0, 0.1) is 0 Å². The van der Waals surface area contributed by atoms with Crippen LogP contribution in [0.3, 0.4) is 0 Å². The van der Waals surface area contributed by atoms with Crippen molar-refractivity contribution in [1.82, 2.24) is 0 Å². The minimum atomic E-state index is -0.386. The monoisotopic (exact) mass is 556 g/mol. The van der Waals surface area contributed by atoms with Gasteiger partial charge in [0.2, 0.25) is 0 Å². The van der Waals surface area contributed by atoms with Gasteiger partial charge in [-0.2, -0.15) is 0 Å². The summed E-state index contributed by atoms with van der Waals surface area (Å²) in [5, 5.41) is 5.25. The van der Waals surface area contributed by atoms with Gasteiger partial charge in [-0.3, -0.25) is 0 Å². The lowest BCUT2D eigenvalue weighted by atomic mass is 9.62. The maximum Gasteiger partial charge on any atom is 0.122 e. The summed E-state index contributed by atoms with van der Waals surface area (Å²) in [6, 6.07) is 35.1. The summed E-state index contributed by atoms with van der Waals surface area (Å²) in [5.41, 5.74) is 4.76. The van der Waals surface area contributed by atoms with Crippen molar-refractivity contribution >= 4 is 21.5 Å². The highest BCUT2D eigenvalue weighted by Gasteiger charge is 2.41. The van der Waals surface area contributed by atoms with Crippen LogP contribution < -0.4 is 9.47 Å². The third-order valence-corrected chi connectivity index (χ3v) is 7.99. The van der Waals surface area contributed by atoms with E-state index in [1.54, 1.807) is 12.5 Å². The Bertz CT molecular complexity index is 1650. The van der Waals surface area contributed by atoms with E-state index in [-0.39, 0.29) is 5.41 Å². The maximum atomic E-state index is 5.98. The summed E-state index contributed by atoms with van der Waals surface area (Å²) in [6.07, 6.45) is 7.97. The molecule has 0 N–H and O–H groups in total. The molecule has 0 amide bonds. The lowest BCUT2D eigenvalue weighted by Crippen LogP contribution is -2.34. The molecule has 0 saturated heterocycles. The molecule has 0 atom stereocenters. The predicted molar refractivity (Wildman–Crippen MR) is 170 cm³/mol. The summed E-state index contributed by atoms with van der Waals surface area (Å²) in [6.45, 7) is 5.86. The van der Waals surface area contributed by atoms with Crippen LogP contribution in [0.2, 0.25) is 0 Å². The number of hydrogen-bond donors (Lipinski definition) is 0. The largest absolute Gasteiger partial charge is 0.498 e. The van der Waals surface area contributed by atoms with Crippen LogP contribution in [0.1, 0.15) is 36.1 Å². The van der Waals surface area contributed by atoms with E-state index in [1.165, 1.54) is 43.8 Å². The van der Waals surface area contributed by atoms with Crippen LogP contribution in [0.5, 0.6) is 11.5 Å². The third kappa shape index (κ3) is 5.21. The molecule has 0 aliphatic heterocycles. The molecule has 0 fully saturated rings. The van der Waals surface area contributed by atoms with Crippen LogP contribution in [-0.2, 0) is 21.3 Å². The van der Waals surface area contributed by atoms with Crippen molar-refractivity contribution in [3.63, 3.8) is 0 Å². The lowest BCUT2D eigenvalue weighted by molar-refractivity contribution is 0.178. The van der Waals surface area contributed by atoms with E-state index in [4.69, 9.17) is 18.9 Å². The molecule has 0 spiro atoms. The van der Waals surface area contributed by atoms with Gasteiger partial charge in [0.15, 0.2) is 0 Å². The molecular weight excluding hydrogens is 520 g/mol. The molecule has 4 nitrogen and oxygen atoms in total. The Balaban J connectivity index is 1.42. The zero-order chi connectivity index (χ0) is 28.8. The number of rotatable bonds is 12. The van der Waals surface area contributed by atoms with E-state index < -0.39 is 0 Å². The van der Waals surface area contributed by atoms with E-state index in [2.05, 4.69) is 97.1 Å². The Morgan fingerprint density at radius 2 is 1.10 bits per heavy atom. The van der Waals surface area contributed by atoms with Gasteiger partial charge in [-0.1, -0.05) is 84.9 Å². The fourth-order valence-electron chi connectivity index (χ4n) is 6.21. The first-order valence-electron chi connectivity index (χ1n) is 14.6. The third-order valence-electron chi connectivity index (χ3n) is 7.99. The minimum Gasteiger partial charge on any atom is -0.498 e. The molecule has 0 bridgehead atoms. The fraction of sp³-hybridized carbons (Fsp3) is 0.211. The van der Waals surface area contributed by atoms with Crippen LogP contribution in [-0.4, -0.2) is 26.4 Å². The first kappa shape index (κ1) is 27.5. The molecule has 0 unspecified atom stereocenters. The number of ether oxygens (including phenoxy) is 4. The number of hydrogen-bond acceptors (Lipinski definition) is 4. The molecule has 1 aliphatic carbocycles. The molecule has 0 saturated carbocycles. The van der Waals surface area contributed by atoms with Crippen molar-refractivity contribution in [2.75, 3.05) is 26.4 Å². The molecule has 4 heteroatoms. The summed E-state index contributed by atoms with van der Waals surface area (Å²) in [5.74, 6) is 1.66. The zero-order valence-electron chi connectivity index (χ0n) is 24.2. The van der Waals surface area contributed by atoms with Crippen molar-refractivity contribution in [1.29, 1.82) is 0 Å². The van der Waals surface area contributed by atoms with Gasteiger partial charge in [0, 0.05) is 5.41 Å². The molecule has 5 aromatic carbocycles. The minimum absolute atomic E-state index is 0.386. The first-order valence-corrected chi connectivity index (χ1v) is 14.6. The average molecular weight is 557 g/mol. The molecule has 42 heavy (non-hydrogen) atoms. The highest BCUT2D eigenvalue weighted by Crippen LogP contribution is 2.51. The van der Waals surface area contributed by atoms with Gasteiger partial charge in [-0.15, -0.1) is 0 Å². The highest BCUT2D eigenvalue weighted by molar-refractivity contribution is 6.12.